The Morgan fingerprint density at radius 1 is 1.47 bits per heavy atom. The standard InChI is InChI=1S/C12H15Cl2N/c1-9-3-2-6-15(9)12-5-4-10(8-13)7-11(12)14/h4-5,7,9H,2-3,6,8H2,1H3. The van der Waals surface area contributed by atoms with Crippen LogP contribution in [0.3, 0.4) is 0 Å². The molecule has 0 radical (unpaired) electrons. The molecule has 0 bridgehead atoms. The maximum atomic E-state index is 6.25. The molecule has 15 heavy (non-hydrogen) atoms. The van der Waals surface area contributed by atoms with Gasteiger partial charge in [0, 0.05) is 18.5 Å². The molecule has 0 aromatic heterocycles. The first kappa shape index (κ1) is 11.1. The second kappa shape index (κ2) is 4.63. The summed E-state index contributed by atoms with van der Waals surface area (Å²) in [6.07, 6.45) is 2.52. The highest BCUT2D eigenvalue weighted by Gasteiger charge is 2.22. The Hall–Kier alpha value is -0.400. The molecule has 0 amide bonds. The number of nitrogens with zero attached hydrogens (tertiary/aromatic N) is 1. The molecule has 1 heterocycles. The van der Waals surface area contributed by atoms with E-state index in [2.05, 4.69) is 24.0 Å². The molecule has 0 spiro atoms. The Bertz CT molecular complexity index is 351. The van der Waals surface area contributed by atoms with Crippen molar-refractivity contribution in [1.82, 2.24) is 0 Å². The van der Waals surface area contributed by atoms with Crippen molar-refractivity contribution in [3.63, 3.8) is 0 Å². The zero-order valence-electron chi connectivity index (χ0n) is 8.84. The molecule has 3 heteroatoms. The van der Waals surface area contributed by atoms with Crippen LogP contribution in [-0.2, 0) is 5.88 Å². The van der Waals surface area contributed by atoms with Gasteiger partial charge >= 0.3 is 0 Å². The largest absolute Gasteiger partial charge is 0.368 e. The molecule has 1 aliphatic rings. The smallest absolute Gasteiger partial charge is 0.0642 e. The number of anilines is 1. The van der Waals surface area contributed by atoms with Crippen LogP contribution in [0.15, 0.2) is 18.2 Å². The summed E-state index contributed by atoms with van der Waals surface area (Å²) in [5.74, 6) is 0.523. The summed E-state index contributed by atoms with van der Waals surface area (Å²) in [6, 6.07) is 6.71. The molecular weight excluding hydrogens is 229 g/mol. The zero-order valence-corrected chi connectivity index (χ0v) is 10.4. The van der Waals surface area contributed by atoms with Crippen molar-refractivity contribution >= 4 is 28.9 Å². The van der Waals surface area contributed by atoms with Crippen molar-refractivity contribution in [3.8, 4) is 0 Å². The minimum atomic E-state index is 0.523. The van der Waals surface area contributed by atoms with E-state index >= 15 is 0 Å². The lowest BCUT2D eigenvalue weighted by Crippen LogP contribution is -2.26. The molecule has 1 aromatic rings. The minimum absolute atomic E-state index is 0.523. The second-order valence-electron chi connectivity index (χ2n) is 4.10. The van der Waals surface area contributed by atoms with Crippen molar-refractivity contribution in [2.45, 2.75) is 31.7 Å². The van der Waals surface area contributed by atoms with Gasteiger partial charge in [0.15, 0.2) is 0 Å². The van der Waals surface area contributed by atoms with E-state index in [1.807, 2.05) is 6.07 Å². The van der Waals surface area contributed by atoms with Crippen LogP contribution >= 0.6 is 23.2 Å². The van der Waals surface area contributed by atoms with Crippen molar-refractivity contribution < 1.29 is 0 Å². The number of hydrogen-bond donors (Lipinski definition) is 0. The first-order chi connectivity index (χ1) is 7.22. The van der Waals surface area contributed by atoms with Crippen molar-refractivity contribution in [3.05, 3.63) is 28.8 Å². The lowest BCUT2D eigenvalue weighted by Gasteiger charge is -2.25. The maximum absolute atomic E-state index is 6.25. The van der Waals surface area contributed by atoms with E-state index in [4.69, 9.17) is 23.2 Å². The van der Waals surface area contributed by atoms with Crippen molar-refractivity contribution in [2.75, 3.05) is 11.4 Å². The molecule has 1 nitrogen and oxygen atoms in total. The van der Waals surface area contributed by atoms with E-state index in [0.29, 0.717) is 11.9 Å². The molecule has 1 aliphatic heterocycles. The zero-order chi connectivity index (χ0) is 10.8. The normalized spacial score (nSPS) is 21.0. The maximum Gasteiger partial charge on any atom is 0.0642 e. The summed E-state index contributed by atoms with van der Waals surface area (Å²) in [6.45, 7) is 3.36. The topological polar surface area (TPSA) is 3.24 Å². The number of halogens is 2. The molecule has 82 valence electrons. The SMILES string of the molecule is CC1CCCN1c1ccc(CCl)cc1Cl. The van der Waals surface area contributed by atoms with Gasteiger partial charge in [-0.1, -0.05) is 17.7 Å². The molecule has 1 atom stereocenters. The third kappa shape index (κ3) is 2.24. The third-order valence-electron chi connectivity index (χ3n) is 3.03. The Morgan fingerprint density at radius 2 is 2.27 bits per heavy atom. The van der Waals surface area contributed by atoms with Crippen molar-refractivity contribution in [2.24, 2.45) is 0 Å². The van der Waals surface area contributed by atoms with Crippen LogP contribution in [0.25, 0.3) is 0 Å². The minimum Gasteiger partial charge on any atom is -0.368 e. The van der Waals surface area contributed by atoms with Gasteiger partial charge in [-0.05, 0) is 37.5 Å². The van der Waals surface area contributed by atoms with Crippen LogP contribution in [0.5, 0.6) is 0 Å². The lowest BCUT2D eigenvalue weighted by molar-refractivity contribution is 0.735. The van der Waals surface area contributed by atoms with E-state index in [1.165, 1.54) is 12.8 Å². The van der Waals surface area contributed by atoms with Crippen LogP contribution in [0.1, 0.15) is 25.3 Å². The molecule has 2 rings (SSSR count). The highest BCUT2D eigenvalue weighted by molar-refractivity contribution is 6.33. The monoisotopic (exact) mass is 243 g/mol. The molecule has 1 fully saturated rings. The van der Waals surface area contributed by atoms with Gasteiger partial charge in [0.05, 0.1) is 10.7 Å². The van der Waals surface area contributed by atoms with Crippen LogP contribution in [0.2, 0.25) is 5.02 Å². The van der Waals surface area contributed by atoms with Crippen LogP contribution in [0, 0.1) is 0 Å². The fourth-order valence-corrected chi connectivity index (χ4v) is 2.64. The first-order valence-electron chi connectivity index (χ1n) is 5.33. The van der Waals surface area contributed by atoms with Gasteiger partial charge in [0.25, 0.3) is 0 Å². The van der Waals surface area contributed by atoms with Gasteiger partial charge in [0.2, 0.25) is 0 Å². The Kier molecular flexibility index (Phi) is 3.42. The van der Waals surface area contributed by atoms with E-state index < -0.39 is 0 Å². The Labute approximate surface area is 101 Å². The predicted molar refractivity (Wildman–Crippen MR) is 67.1 cm³/mol. The summed E-state index contributed by atoms with van der Waals surface area (Å²) >= 11 is 12.0. The fourth-order valence-electron chi connectivity index (χ4n) is 2.16. The number of alkyl halides is 1. The summed E-state index contributed by atoms with van der Waals surface area (Å²) in [5, 5.41) is 0.821. The van der Waals surface area contributed by atoms with Gasteiger partial charge in [-0.2, -0.15) is 0 Å². The average molecular weight is 244 g/mol. The molecule has 0 aliphatic carbocycles. The second-order valence-corrected chi connectivity index (χ2v) is 4.78. The Balaban J connectivity index is 2.28. The Morgan fingerprint density at radius 3 is 2.80 bits per heavy atom. The van der Waals surface area contributed by atoms with Gasteiger partial charge in [0.1, 0.15) is 0 Å². The van der Waals surface area contributed by atoms with Crippen LogP contribution in [-0.4, -0.2) is 12.6 Å². The van der Waals surface area contributed by atoms with Crippen LogP contribution in [0.4, 0.5) is 5.69 Å². The molecule has 0 N–H and O–H groups in total. The summed E-state index contributed by atoms with van der Waals surface area (Å²) in [4.78, 5) is 2.38. The summed E-state index contributed by atoms with van der Waals surface area (Å²) in [7, 11) is 0. The van der Waals surface area contributed by atoms with E-state index in [0.717, 1.165) is 22.8 Å². The fraction of sp³-hybridized carbons (Fsp3) is 0.500. The number of hydrogen-bond acceptors (Lipinski definition) is 1. The van der Waals surface area contributed by atoms with Gasteiger partial charge < -0.3 is 4.90 Å². The molecule has 1 unspecified atom stereocenters. The van der Waals surface area contributed by atoms with Crippen molar-refractivity contribution in [1.29, 1.82) is 0 Å². The highest BCUT2D eigenvalue weighted by Crippen LogP contribution is 2.32. The van der Waals surface area contributed by atoms with E-state index in [9.17, 15) is 0 Å². The number of benzene rings is 1. The van der Waals surface area contributed by atoms with Gasteiger partial charge in [-0.25, -0.2) is 0 Å². The molecule has 1 aromatic carbocycles. The van der Waals surface area contributed by atoms with Gasteiger partial charge in [-0.3, -0.25) is 0 Å². The summed E-state index contributed by atoms with van der Waals surface area (Å²) < 4.78 is 0. The predicted octanol–water partition coefficient (Wildman–Crippen LogP) is 4.07. The van der Waals surface area contributed by atoms with Gasteiger partial charge in [-0.15, -0.1) is 11.6 Å². The lowest BCUT2D eigenvalue weighted by atomic mass is 10.2. The molecular formula is C12H15Cl2N. The molecule has 0 saturated carbocycles. The van der Waals surface area contributed by atoms with E-state index in [-0.39, 0.29) is 0 Å². The summed E-state index contributed by atoms with van der Waals surface area (Å²) in [5.41, 5.74) is 2.23. The molecule has 1 saturated heterocycles. The third-order valence-corrected chi connectivity index (χ3v) is 3.64. The highest BCUT2D eigenvalue weighted by atomic mass is 35.5. The van der Waals surface area contributed by atoms with Crippen LogP contribution < -0.4 is 4.90 Å². The quantitative estimate of drug-likeness (QED) is 0.709. The average Bonchev–Trinajstić information content (AvgIpc) is 2.64. The number of rotatable bonds is 2. The first-order valence-corrected chi connectivity index (χ1v) is 6.24. The van der Waals surface area contributed by atoms with E-state index in [1.54, 1.807) is 0 Å².